The van der Waals surface area contributed by atoms with Gasteiger partial charge in [0, 0.05) is 5.02 Å². The summed E-state index contributed by atoms with van der Waals surface area (Å²) in [5, 5.41) is 4.13. The number of hydrogen-bond acceptors (Lipinski definition) is 2. The Hall–Kier alpha value is -0.360. The van der Waals surface area contributed by atoms with Crippen LogP contribution < -0.4 is 5.14 Å². The van der Waals surface area contributed by atoms with Crippen LogP contribution in [0.1, 0.15) is 0 Å². The molecule has 72 valence electrons. The molecule has 0 heterocycles. The Balaban J connectivity index is 3.56. The number of hydrogen-bond donors (Lipinski definition) is 1. The molecule has 0 radical (unpaired) electrons. The SMILES string of the molecule is NS(=O)(=O)c1cc(Cl)cc(F)c1Cl. The summed E-state index contributed by atoms with van der Waals surface area (Å²) in [6.45, 7) is 0. The Bertz CT molecular complexity index is 446. The van der Waals surface area contributed by atoms with Crippen molar-refractivity contribution in [3.05, 3.63) is 28.0 Å². The fourth-order valence-electron chi connectivity index (χ4n) is 0.739. The van der Waals surface area contributed by atoms with Gasteiger partial charge in [-0.15, -0.1) is 0 Å². The van der Waals surface area contributed by atoms with Gasteiger partial charge in [-0.2, -0.15) is 0 Å². The number of rotatable bonds is 1. The van der Waals surface area contributed by atoms with Crippen molar-refractivity contribution in [1.29, 1.82) is 0 Å². The lowest BCUT2D eigenvalue weighted by Gasteiger charge is -2.02. The highest BCUT2D eigenvalue weighted by Gasteiger charge is 2.17. The molecule has 0 fully saturated rings. The molecule has 0 amide bonds. The molecule has 1 rings (SSSR count). The van der Waals surface area contributed by atoms with Gasteiger partial charge in [0.05, 0.1) is 5.02 Å². The zero-order valence-electron chi connectivity index (χ0n) is 6.09. The predicted molar refractivity (Wildman–Crippen MR) is 47.8 cm³/mol. The van der Waals surface area contributed by atoms with Gasteiger partial charge in [-0.1, -0.05) is 23.2 Å². The van der Waals surface area contributed by atoms with Crippen LogP contribution in [0, 0.1) is 5.82 Å². The summed E-state index contributed by atoms with van der Waals surface area (Å²) in [5.74, 6) is -0.918. The summed E-state index contributed by atoms with van der Waals surface area (Å²) >= 11 is 10.8. The van der Waals surface area contributed by atoms with Gasteiger partial charge < -0.3 is 0 Å². The quantitative estimate of drug-likeness (QED) is 0.765. The first-order valence-electron chi connectivity index (χ1n) is 2.99. The average molecular weight is 244 g/mol. The van der Waals surface area contributed by atoms with Crippen LogP contribution >= 0.6 is 23.2 Å². The van der Waals surface area contributed by atoms with Gasteiger partial charge in [0.2, 0.25) is 10.0 Å². The molecular weight excluding hydrogens is 240 g/mol. The van der Waals surface area contributed by atoms with Crippen molar-refractivity contribution in [3.8, 4) is 0 Å². The largest absolute Gasteiger partial charge is 0.239 e. The number of sulfonamides is 1. The summed E-state index contributed by atoms with van der Waals surface area (Å²) < 4.78 is 34.5. The van der Waals surface area contributed by atoms with E-state index in [1.807, 2.05) is 0 Å². The molecule has 0 atom stereocenters. The molecule has 7 heteroatoms. The fourth-order valence-corrected chi connectivity index (χ4v) is 2.08. The van der Waals surface area contributed by atoms with Crippen molar-refractivity contribution >= 4 is 33.2 Å². The molecule has 0 bridgehead atoms. The topological polar surface area (TPSA) is 60.2 Å². The molecule has 3 nitrogen and oxygen atoms in total. The van der Waals surface area contributed by atoms with E-state index in [0.29, 0.717) is 0 Å². The van der Waals surface area contributed by atoms with Crippen LogP contribution in [0.2, 0.25) is 10.0 Å². The Morgan fingerprint density at radius 1 is 1.31 bits per heavy atom. The molecule has 1 aromatic rings. The second kappa shape index (κ2) is 3.42. The van der Waals surface area contributed by atoms with Gasteiger partial charge in [-0.3, -0.25) is 0 Å². The Labute approximate surface area is 84.3 Å². The summed E-state index contributed by atoms with van der Waals surface area (Å²) in [4.78, 5) is -0.515. The van der Waals surface area contributed by atoms with Crippen LogP contribution in [0.3, 0.4) is 0 Å². The van der Waals surface area contributed by atoms with E-state index in [0.717, 1.165) is 12.1 Å². The number of nitrogens with two attached hydrogens (primary N) is 1. The Morgan fingerprint density at radius 3 is 2.31 bits per heavy atom. The lowest BCUT2D eigenvalue weighted by Crippen LogP contribution is -2.13. The fraction of sp³-hybridized carbons (Fsp3) is 0. The van der Waals surface area contributed by atoms with Crippen LogP contribution in [0.25, 0.3) is 0 Å². The average Bonchev–Trinajstić information content (AvgIpc) is 1.94. The van der Waals surface area contributed by atoms with Crippen molar-refractivity contribution in [2.45, 2.75) is 4.90 Å². The number of benzene rings is 1. The van der Waals surface area contributed by atoms with Crippen molar-refractivity contribution in [3.63, 3.8) is 0 Å². The van der Waals surface area contributed by atoms with Crippen LogP contribution in [0.15, 0.2) is 17.0 Å². The molecule has 0 aliphatic rings. The Morgan fingerprint density at radius 2 is 1.85 bits per heavy atom. The number of primary sulfonamides is 1. The van der Waals surface area contributed by atoms with E-state index in [-0.39, 0.29) is 5.02 Å². The van der Waals surface area contributed by atoms with Gasteiger partial charge in [-0.25, -0.2) is 17.9 Å². The van der Waals surface area contributed by atoms with E-state index in [2.05, 4.69) is 0 Å². The third-order valence-electron chi connectivity index (χ3n) is 1.27. The van der Waals surface area contributed by atoms with E-state index in [4.69, 9.17) is 28.3 Å². The van der Waals surface area contributed by atoms with E-state index in [9.17, 15) is 12.8 Å². The molecular formula is C6H4Cl2FNO2S. The molecule has 1 aromatic carbocycles. The third kappa shape index (κ3) is 2.31. The zero-order chi connectivity index (χ0) is 10.2. The molecule has 0 aliphatic heterocycles. The maximum atomic E-state index is 12.8. The molecule has 0 saturated carbocycles. The molecule has 0 unspecified atom stereocenters. The maximum Gasteiger partial charge on any atom is 0.239 e. The summed E-state index contributed by atoms with van der Waals surface area (Å²) in [7, 11) is -4.03. The summed E-state index contributed by atoms with van der Waals surface area (Å²) in [6, 6.07) is 1.89. The van der Waals surface area contributed by atoms with Crippen LogP contribution in [0.5, 0.6) is 0 Å². The summed E-state index contributed by atoms with van der Waals surface area (Å²) in [6.07, 6.45) is 0. The highest BCUT2D eigenvalue weighted by Crippen LogP contribution is 2.27. The van der Waals surface area contributed by atoms with Gasteiger partial charge in [0.15, 0.2) is 0 Å². The lowest BCUT2D eigenvalue weighted by molar-refractivity contribution is 0.592. The molecule has 0 aromatic heterocycles. The second-order valence-corrected chi connectivity index (χ2v) is 4.59. The minimum Gasteiger partial charge on any atom is -0.225 e. The molecule has 0 saturated heterocycles. The van der Waals surface area contributed by atoms with Gasteiger partial charge >= 0.3 is 0 Å². The van der Waals surface area contributed by atoms with Gasteiger partial charge in [0.25, 0.3) is 0 Å². The standard InChI is InChI=1S/C6H4Cl2FNO2S/c7-3-1-4(9)6(8)5(2-3)13(10,11)12/h1-2H,(H2,10,11,12). The maximum absolute atomic E-state index is 12.8. The lowest BCUT2D eigenvalue weighted by atomic mass is 10.3. The molecule has 13 heavy (non-hydrogen) atoms. The van der Waals surface area contributed by atoms with E-state index in [1.165, 1.54) is 0 Å². The number of halogens is 3. The van der Waals surface area contributed by atoms with Crippen LogP contribution in [0.4, 0.5) is 4.39 Å². The smallest absolute Gasteiger partial charge is 0.225 e. The molecule has 0 aliphatic carbocycles. The monoisotopic (exact) mass is 243 g/mol. The van der Waals surface area contributed by atoms with Crippen molar-refractivity contribution in [2.75, 3.05) is 0 Å². The van der Waals surface area contributed by atoms with Gasteiger partial charge in [-0.05, 0) is 12.1 Å². The second-order valence-electron chi connectivity index (χ2n) is 2.24. The van der Waals surface area contributed by atoms with Crippen LogP contribution in [-0.2, 0) is 10.0 Å². The Kier molecular flexibility index (Phi) is 2.82. The van der Waals surface area contributed by atoms with E-state index < -0.39 is 25.8 Å². The predicted octanol–water partition coefficient (Wildman–Crippen LogP) is 1.78. The molecule has 2 N–H and O–H groups in total. The summed E-state index contributed by atoms with van der Waals surface area (Å²) in [5.41, 5.74) is 0. The minimum atomic E-state index is -4.03. The van der Waals surface area contributed by atoms with Crippen molar-refractivity contribution < 1.29 is 12.8 Å². The molecule has 0 spiro atoms. The van der Waals surface area contributed by atoms with Crippen molar-refractivity contribution in [2.24, 2.45) is 5.14 Å². The highest BCUT2D eigenvalue weighted by molar-refractivity contribution is 7.89. The first-order chi connectivity index (χ1) is 5.82. The first kappa shape index (κ1) is 10.7. The van der Waals surface area contributed by atoms with Gasteiger partial charge in [0.1, 0.15) is 10.7 Å². The van der Waals surface area contributed by atoms with E-state index in [1.54, 1.807) is 0 Å². The third-order valence-corrected chi connectivity index (χ3v) is 2.92. The normalized spacial score (nSPS) is 11.7. The highest BCUT2D eigenvalue weighted by atomic mass is 35.5. The van der Waals surface area contributed by atoms with Crippen molar-refractivity contribution in [1.82, 2.24) is 0 Å². The van der Waals surface area contributed by atoms with E-state index >= 15 is 0 Å². The first-order valence-corrected chi connectivity index (χ1v) is 5.30. The minimum absolute atomic E-state index is 0.0778. The zero-order valence-corrected chi connectivity index (χ0v) is 8.42. The van der Waals surface area contributed by atoms with Crippen LogP contribution in [-0.4, -0.2) is 8.42 Å².